The minimum Gasteiger partial charge on any atom is -0.444 e. The molecule has 0 radical (unpaired) electrons. The molecule has 35 heavy (non-hydrogen) atoms. The smallest absolute Gasteiger partial charge is 0.410 e. The molecule has 3 saturated heterocycles. The van der Waals surface area contributed by atoms with Crippen molar-refractivity contribution in [3.8, 4) is 0 Å². The van der Waals surface area contributed by atoms with Gasteiger partial charge in [-0.2, -0.15) is 5.06 Å². The summed E-state index contributed by atoms with van der Waals surface area (Å²) >= 11 is 0. The minimum absolute atomic E-state index is 0.109. The summed E-state index contributed by atoms with van der Waals surface area (Å²) in [4.78, 5) is 59.2. The average Bonchev–Trinajstić information content (AvgIpc) is 3.40. The van der Waals surface area contributed by atoms with Crippen molar-refractivity contribution >= 4 is 23.9 Å². The van der Waals surface area contributed by atoms with Gasteiger partial charge in [0.25, 0.3) is 5.91 Å². The van der Waals surface area contributed by atoms with E-state index in [0.29, 0.717) is 32.4 Å². The Bertz CT molecular complexity index is 965. The number of hydrogen-bond acceptors (Lipinski definition) is 6. The summed E-state index contributed by atoms with van der Waals surface area (Å²) in [6.45, 7) is 6.65. The number of amides is 5. The lowest BCUT2D eigenvalue weighted by molar-refractivity contribution is -0.140. The van der Waals surface area contributed by atoms with Crippen molar-refractivity contribution in [2.75, 3.05) is 19.6 Å². The fourth-order valence-corrected chi connectivity index (χ4v) is 4.56. The Hall–Kier alpha value is -3.34. The number of hydrazine groups is 1. The SMILES string of the molecule is CC(C)(C)OC(=O)N1CC[C@@H](C(=O)NNC(=O)C2CCC3CN2C(=O)N3OCc2ccccc2)C1. The van der Waals surface area contributed by atoms with Gasteiger partial charge in [0.05, 0.1) is 12.0 Å². The fraction of sp³-hybridized carbons (Fsp3) is 0.583. The van der Waals surface area contributed by atoms with E-state index in [1.165, 1.54) is 14.9 Å². The topological polar surface area (TPSA) is 121 Å². The first-order chi connectivity index (χ1) is 16.6. The lowest BCUT2D eigenvalue weighted by atomic mass is 10.0. The van der Waals surface area contributed by atoms with E-state index < -0.39 is 29.6 Å². The van der Waals surface area contributed by atoms with E-state index in [-0.39, 0.29) is 31.1 Å². The van der Waals surface area contributed by atoms with Crippen LogP contribution in [0.25, 0.3) is 0 Å². The molecule has 190 valence electrons. The molecule has 1 aromatic rings. The van der Waals surface area contributed by atoms with Crippen LogP contribution in [0.5, 0.6) is 0 Å². The van der Waals surface area contributed by atoms with E-state index in [0.717, 1.165) is 5.56 Å². The molecule has 2 unspecified atom stereocenters. The second kappa shape index (κ2) is 10.1. The van der Waals surface area contributed by atoms with Crippen LogP contribution in [-0.4, -0.2) is 76.1 Å². The van der Waals surface area contributed by atoms with E-state index in [1.54, 1.807) is 20.8 Å². The van der Waals surface area contributed by atoms with Crippen LogP contribution in [0.15, 0.2) is 30.3 Å². The predicted molar refractivity (Wildman–Crippen MR) is 124 cm³/mol. The molecule has 2 bridgehead atoms. The summed E-state index contributed by atoms with van der Waals surface area (Å²) in [6, 6.07) is 8.41. The van der Waals surface area contributed by atoms with Crippen LogP contribution in [0.3, 0.4) is 0 Å². The Morgan fingerprint density at radius 1 is 1.00 bits per heavy atom. The summed E-state index contributed by atoms with van der Waals surface area (Å²) in [6.07, 6.45) is 1.11. The minimum atomic E-state index is -0.689. The summed E-state index contributed by atoms with van der Waals surface area (Å²) in [5.74, 6) is -1.27. The number of rotatable bonds is 5. The zero-order chi connectivity index (χ0) is 25.2. The van der Waals surface area contributed by atoms with Gasteiger partial charge in [0, 0.05) is 19.6 Å². The van der Waals surface area contributed by atoms with Crippen LogP contribution in [-0.2, 0) is 25.8 Å². The highest BCUT2D eigenvalue weighted by Crippen LogP contribution is 2.30. The van der Waals surface area contributed by atoms with Crippen LogP contribution < -0.4 is 10.9 Å². The molecule has 11 nitrogen and oxygen atoms in total. The number of nitrogens with one attached hydrogen (secondary N) is 2. The summed E-state index contributed by atoms with van der Waals surface area (Å²) in [7, 11) is 0. The van der Waals surface area contributed by atoms with Gasteiger partial charge in [-0.1, -0.05) is 30.3 Å². The monoisotopic (exact) mass is 487 g/mol. The molecule has 3 aliphatic heterocycles. The van der Waals surface area contributed by atoms with Crippen LogP contribution in [0.1, 0.15) is 45.6 Å². The second-order valence-electron chi connectivity index (χ2n) is 10.2. The van der Waals surface area contributed by atoms with Crippen molar-refractivity contribution in [2.45, 2.75) is 64.3 Å². The molecule has 3 fully saturated rings. The summed E-state index contributed by atoms with van der Waals surface area (Å²) in [5.41, 5.74) is 5.26. The van der Waals surface area contributed by atoms with Crippen LogP contribution in [0.4, 0.5) is 9.59 Å². The van der Waals surface area contributed by atoms with Crippen LogP contribution in [0, 0.1) is 5.92 Å². The highest BCUT2D eigenvalue weighted by molar-refractivity contribution is 5.90. The summed E-state index contributed by atoms with van der Waals surface area (Å²) < 4.78 is 5.35. The van der Waals surface area contributed by atoms with E-state index in [9.17, 15) is 19.2 Å². The third-order valence-electron chi connectivity index (χ3n) is 6.36. The molecular weight excluding hydrogens is 454 g/mol. The molecule has 5 amide bonds. The molecule has 2 N–H and O–H groups in total. The molecular formula is C24H33N5O6. The van der Waals surface area contributed by atoms with E-state index in [1.807, 2.05) is 30.3 Å². The first kappa shape index (κ1) is 24.8. The highest BCUT2D eigenvalue weighted by Gasteiger charge is 2.48. The summed E-state index contributed by atoms with van der Waals surface area (Å²) in [5, 5.41) is 1.36. The normalized spacial score (nSPS) is 23.9. The molecule has 0 aliphatic carbocycles. The number of hydroxylamine groups is 2. The quantitative estimate of drug-likeness (QED) is 0.611. The third-order valence-corrected chi connectivity index (χ3v) is 6.36. The largest absolute Gasteiger partial charge is 0.444 e. The molecule has 1 aromatic carbocycles. The number of benzene rings is 1. The van der Waals surface area contributed by atoms with E-state index in [2.05, 4.69) is 10.9 Å². The van der Waals surface area contributed by atoms with Crippen molar-refractivity contribution in [1.29, 1.82) is 0 Å². The van der Waals surface area contributed by atoms with Gasteiger partial charge in [-0.05, 0) is 45.6 Å². The number of carbonyl (C=O) groups excluding carboxylic acids is 4. The highest BCUT2D eigenvalue weighted by atomic mass is 16.7. The number of nitrogens with zero attached hydrogens (tertiary/aromatic N) is 3. The van der Waals surface area contributed by atoms with Crippen LogP contribution >= 0.6 is 0 Å². The number of ether oxygens (including phenoxy) is 1. The molecule has 0 spiro atoms. The maximum atomic E-state index is 12.9. The zero-order valence-corrected chi connectivity index (χ0v) is 20.4. The molecule has 4 rings (SSSR count). The number of urea groups is 1. The number of fused-ring (bicyclic) bond motifs is 2. The zero-order valence-electron chi connectivity index (χ0n) is 20.4. The van der Waals surface area contributed by atoms with Gasteiger partial charge in [-0.3, -0.25) is 25.3 Å². The maximum absolute atomic E-state index is 12.9. The van der Waals surface area contributed by atoms with Crippen molar-refractivity contribution in [2.24, 2.45) is 5.92 Å². The first-order valence-electron chi connectivity index (χ1n) is 12.0. The number of likely N-dealkylation sites (tertiary alicyclic amines) is 1. The molecule has 3 aliphatic rings. The molecule has 3 heterocycles. The molecule has 0 aromatic heterocycles. The Kier molecular flexibility index (Phi) is 7.15. The van der Waals surface area contributed by atoms with Gasteiger partial charge in [0.1, 0.15) is 18.2 Å². The molecule has 3 atom stereocenters. The van der Waals surface area contributed by atoms with Crippen molar-refractivity contribution < 1.29 is 28.8 Å². The van der Waals surface area contributed by atoms with Crippen LogP contribution in [0.2, 0.25) is 0 Å². The first-order valence-corrected chi connectivity index (χ1v) is 12.0. The van der Waals surface area contributed by atoms with Crippen molar-refractivity contribution in [3.05, 3.63) is 35.9 Å². The van der Waals surface area contributed by atoms with Crippen molar-refractivity contribution in [3.63, 3.8) is 0 Å². The Morgan fingerprint density at radius 2 is 1.71 bits per heavy atom. The number of hydrogen-bond donors (Lipinski definition) is 2. The lowest BCUT2D eigenvalue weighted by Gasteiger charge is -2.29. The Morgan fingerprint density at radius 3 is 2.43 bits per heavy atom. The molecule has 0 saturated carbocycles. The van der Waals surface area contributed by atoms with Gasteiger partial charge in [0.2, 0.25) is 5.91 Å². The number of carbonyl (C=O) groups is 4. The van der Waals surface area contributed by atoms with E-state index in [4.69, 9.17) is 9.57 Å². The van der Waals surface area contributed by atoms with Gasteiger partial charge < -0.3 is 14.5 Å². The second-order valence-corrected chi connectivity index (χ2v) is 10.2. The van der Waals surface area contributed by atoms with E-state index >= 15 is 0 Å². The molecule has 11 heteroatoms. The fourth-order valence-electron chi connectivity index (χ4n) is 4.56. The van der Waals surface area contributed by atoms with Gasteiger partial charge in [-0.15, -0.1) is 0 Å². The van der Waals surface area contributed by atoms with Crippen molar-refractivity contribution in [1.82, 2.24) is 25.7 Å². The predicted octanol–water partition coefficient (Wildman–Crippen LogP) is 1.79. The third kappa shape index (κ3) is 5.84. The Balaban J connectivity index is 1.24. The maximum Gasteiger partial charge on any atom is 0.410 e. The Labute approximate surface area is 204 Å². The van der Waals surface area contributed by atoms with Gasteiger partial charge in [0.15, 0.2) is 0 Å². The standard InChI is InChI=1S/C24H33N5O6/c1-24(2,3)35-23(33)27-12-11-17(13-27)20(30)25-26-21(31)19-10-9-18-14-28(19)22(32)29(18)34-15-16-7-5-4-6-8-16/h4-8,17-19H,9-15H2,1-3H3,(H,25,30)(H,26,31)/t17-,18?,19?/m1/s1. The average molecular weight is 488 g/mol. The number of piperidine rings is 1. The van der Waals surface area contributed by atoms with Gasteiger partial charge >= 0.3 is 12.1 Å². The lowest BCUT2D eigenvalue weighted by Crippen LogP contribution is -2.55. The van der Waals surface area contributed by atoms with Gasteiger partial charge in [-0.25, -0.2) is 9.59 Å².